The topological polar surface area (TPSA) is 66.8 Å². The molecule has 5 nitrogen and oxygen atoms in total. The van der Waals surface area contributed by atoms with Crippen LogP contribution in [0, 0.1) is 5.92 Å². The third-order valence-electron chi connectivity index (χ3n) is 8.81. The number of carbonyl (C=O) groups is 2. The van der Waals surface area contributed by atoms with E-state index in [4.69, 9.17) is 4.74 Å². The summed E-state index contributed by atoms with van der Waals surface area (Å²) in [5.41, 5.74) is 7.64. The van der Waals surface area contributed by atoms with Crippen molar-refractivity contribution in [2.45, 2.75) is 38.3 Å². The van der Waals surface area contributed by atoms with Gasteiger partial charge in [-0.2, -0.15) is 0 Å². The molecule has 1 N–H and O–H groups in total. The van der Waals surface area contributed by atoms with Crippen molar-refractivity contribution in [3.63, 3.8) is 0 Å². The molecular weight excluding hydrogens is 558 g/mol. The van der Waals surface area contributed by atoms with Crippen LogP contribution in [0.25, 0.3) is 11.1 Å². The Labute approximate surface area is 264 Å². The average molecular weight is 596 g/mol. The molecule has 45 heavy (non-hydrogen) atoms. The number of rotatable bonds is 10. The molecule has 0 saturated carbocycles. The van der Waals surface area contributed by atoms with E-state index in [1.807, 2.05) is 60.7 Å². The van der Waals surface area contributed by atoms with Crippen LogP contribution in [-0.2, 0) is 30.6 Å². The zero-order chi connectivity index (χ0) is 31.2. The third-order valence-corrected chi connectivity index (χ3v) is 8.81. The van der Waals surface area contributed by atoms with Gasteiger partial charge in [0, 0.05) is 6.54 Å². The van der Waals surface area contributed by atoms with Crippen LogP contribution in [-0.4, -0.2) is 29.0 Å². The standard InChI is InChI=1S/C40H37NO4/c1-45-36-18-8-13-29(24-36)23-34-21-20-31-14-5-6-19-37(31)39(34)41(27-28-10-3-2-4-11-28)38(42)25-30-12-7-15-32(22-30)33-16-9-17-35(26-33)40(43)44/h2-19,22,24,26,34,39H,20-21,23,25,27H2,1H3,(H,43,44). The van der Waals surface area contributed by atoms with Crippen molar-refractivity contribution in [2.75, 3.05) is 7.11 Å². The van der Waals surface area contributed by atoms with E-state index in [-0.39, 0.29) is 29.9 Å². The fourth-order valence-electron chi connectivity index (χ4n) is 6.63. The molecule has 226 valence electrons. The number of carbonyl (C=O) groups excluding carboxylic acids is 1. The van der Waals surface area contributed by atoms with Crippen LogP contribution in [0.2, 0.25) is 0 Å². The first-order chi connectivity index (χ1) is 22.0. The van der Waals surface area contributed by atoms with E-state index in [0.29, 0.717) is 6.54 Å². The zero-order valence-corrected chi connectivity index (χ0v) is 25.4. The monoisotopic (exact) mass is 595 g/mol. The maximum atomic E-state index is 14.5. The number of carboxylic acid groups (broad SMARTS) is 1. The van der Waals surface area contributed by atoms with Crippen LogP contribution in [0.15, 0.2) is 127 Å². The molecule has 2 unspecified atom stereocenters. The van der Waals surface area contributed by atoms with Gasteiger partial charge in [-0.05, 0) is 88.4 Å². The Hall–Kier alpha value is -5.16. The predicted molar refractivity (Wildman–Crippen MR) is 177 cm³/mol. The minimum Gasteiger partial charge on any atom is -0.497 e. The van der Waals surface area contributed by atoms with E-state index in [2.05, 4.69) is 53.4 Å². The number of benzene rings is 5. The van der Waals surface area contributed by atoms with Crippen molar-refractivity contribution in [3.8, 4) is 16.9 Å². The van der Waals surface area contributed by atoms with E-state index >= 15 is 0 Å². The summed E-state index contributed by atoms with van der Waals surface area (Å²) in [6.45, 7) is 0.508. The van der Waals surface area contributed by atoms with Gasteiger partial charge in [-0.1, -0.05) is 103 Å². The highest BCUT2D eigenvalue weighted by molar-refractivity contribution is 5.89. The molecule has 0 fully saturated rings. The first kappa shape index (κ1) is 29.9. The summed E-state index contributed by atoms with van der Waals surface area (Å²) in [5.74, 6) is 0.166. The van der Waals surface area contributed by atoms with Crippen molar-refractivity contribution in [2.24, 2.45) is 5.92 Å². The number of aryl methyl sites for hydroxylation is 1. The van der Waals surface area contributed by atoms with Crippen LogP contribution >= 0.6 is 0 Å². The van der Waals surface area contributed by atoms with Crippen LogP contribution in [0.4, 0.5) is 0 Å². The van der Waals surface area contributed by atoms with Gasteiger partial charge in [0.15, 0.2) is 0 Å². The summed E-state index contributed by atoms with van der Waals surface area (Å²) >= 11 is 0. The number of ether oxygens (including phenoxy) is 1. The SMILES string of the molecule is COc1cccc(CC2CCc3ccccc3C2N(Cc2ccccc2)C(=O)Cc2cccc(-c3cccc(C(=O)O)c3)c2)c1. The lowest BCUT2D eigenvalue weighted by Crippen LogP contribution is -2.41. The first-order valence-electron chi connectivity index (χ1n) is 15.5. The van der Waals surface area contributed by atoms with Crippen LogP contribution in [0.3, 0.4) is 0 Å². The number of methoxy groups -OCH3 is 1. The highest BCUT2D eigenvalue weighted by Crippen LogP contribution is 2.42. The second-order valence-electron chi connectivity index (χ2n) is 11.8. The molecule has 5 aromatic carbocycles. The molecular formula is C40H37NO4. The lowest BCUT2D eigenvalue weighted by Gasteiger charge is -2.42. The van der Waals surface area contributed by atoms with Crippen molar-refractivity contribution < 1.29 is 19.4 Å². The number of carboxylic acids is 1. The number of aromatic carboxylic acids is 1. The van der Waals surface area contributed by atoms with Gasteiger partial charge in [-0.15, -0.1) is 0 Å². The Morgan fingerprint density at radius 1 is 0.756 bits per heavy atom. The van der Waals surface area contributed by atoms with E-state index in [9.17, 15) is 14.7 Å². The van der Waals surface area contributed by atoms with Gasteiger partial charge in [0.2, 0.25) is 5.91 Å². The molecule has 6 rings (SSSR count). The van der Waals surface area contributed by atoms with Gasteiger partial charge in [-0.25, -0.2) is 4.79 Å². The number of fused-ring (bicyclic) bond motifs is 1. The van der Waals surface area contributed by atoms with Gasteiger partial charge >= 0.3 is 5.97 Å². The third kappa shape index (κ3) is 6.99. The molecule has 1 aliphatic rings. The summed E-state index contributed by atoms with van der Waals surface area (Å²) in [7, 11) is 1.69. The summed E-state index contributed by atoms with van der Waals surface area (Å²) in [6.07, 6.45) is 3.03. The van der Waals surface area contributed by atoms with E-state index in [1.165, 1.54) is 16.7 Å². The van der Waals surface area contributed by atoms with Gasteiger partial charge < -0.3 is 14.7 Å². The van der Waals surface area contributed by atoms with E-state index in [1.54, 1.807) is 25.3 Å². The Morgan fingerprint density at radius 2 is 1.44 bits per heavy atom. The molecule has 1 amide bonds. The number of hydrogen-bond donors (Lipinski definition) is 1. The maximum absolute atomic E-state index is 14.5. The van der Waals surface area contributed by atoms with Crippen LogP contribution in [0.5, 0.6) is 5.75 Å². The molecule has 0 heterocycles. The average Bonchev–Trinajstić information content (AvgIpc) is 3.08. The molecule has 0 aromatic heterocycles. The molecule has 0 radical (unpaired) electrons. The first-order valence-corrected chi connectivity index (χ1v) is 15.5. The summed E-state index contributed by atoms with van der Waals surface area (Å²) in [5, 5.41) is 9.49. The van der Waals surface area contributed by atoms with Crippen LogP contribution < -0.4 is 4.74 Å². The van der Waals surface area contributed by atoms with Gasteiger partial charge in [0.05, 0.1) is 25.1 Å². The normalized spacial score (nSPS) is 15.6. The molecule has 0 saturated heterocycles. The van der Waals surface area contributed by atoms with Gasteiger partial charge in [0.25, 0.3) is 0 Å². The highest BCUT2D eigenvalue weighted by atomic mass is 16.5. The fourth-order valence-corrected chi connectivity index (χ4v) is 6.63. The Kier molecular flexibility index (Phi) is 9.06. The Bertz CT molecular complexity index is 1800. The van der Waals surface area contributed by atoms with Crippen molar-refractivity contribution in [1.29, 1.82) is 0 Å². The minimum atomic E-state index is -0.962. The molecule has 0 bridgehead atoms. The summed E-state index contributed by atoms with van der Waals surface area (Å²) in [4.78, 5) is 28.2. The summed E-state index contributed by atoms with van der Waals surface area (Å²) in [6, 6.07) is 41.7. The van der Waals surface area contributed by atoms with Gasteiger partial charge in [0.1, 0.15) is 5.75 Å². The summed E-state index contributed by atoms with van der Waals surface area (Å²) < 4.78 is 5.52. The maximum Gasteiger partial charge on any atom is 0.335 e. The number of amides is 1. The molecule has 5 aromatic rings. The van der Waals surface area contributed by atoms with Gasteiger partial charge in [-0.3, -0.25) is 4.79 Å². The van der Waals surface area contributed by atoms with E-state index < -0.39 is 5.97 Å². The lowest BCUT2D eigenvalue weighted by atomic mass is 9.76. The van der Waals surface area contributed by atoms with Crippen LogP contribution in [0.1, 0.15) is 50.6 Å². The predicted octanol–water partition coefficient (Wildman–Crippen LogP) is 8.18. The molecule has 0 aliphatic heterocycles. The number of nitrogens with zero attached hydrogens (tertiary/aromatic N) is 1. The second-order valence-corrected chi connectivity index (χ2v) is 11.8. The number of hydrogen-bond acceptors (Lipinski definition) is 3. The molecule has 5 heteroatoms. The molecule has 1 aliphatic carbocycles. The lowest BCUT2D eigenvalue weighted by molar-refractivity contribution is -0.135. The zero-order valence-electron chi connectivity index (χ0n) is 25.4. The van der Waals surface area contributed by atoms with Crippen molar-refractivity contribution >= 4 is 11.9 Å². The minimum absolute atomic E-state index is 0.0626. The quantitative estimate of drug-likeness (QED) is 0.177. The highest BCUT2D eigenvalue weighted by Gasteiger charge is 2.36. The van der Waals surface area contributed by atoms with Crippen molar-refractivity contribution in [3.05, 3.63) is 161 Å². The Balaban J connectivity index is 1.36. The second kappa shape index (κ2) is 13.6. The van der Waals surface area contributed by atoms with Crippen molar-refractivity contribution in [1.82, 2.24) is 4.90 Å². The molecule has 0 spiro atoms. The Morgan fingerprint density at radius 3 is 2.24 bits per heavy atom. The largest absolute Gasteiger partial charge is 0.497 e. The molecule has 2 atom stereocenters. The van der Waals surface area contributed by atoms with E-state index in [0.717, 1.165) is 47.3 Å². The smallest absolute Gasteiger partial charge is 0.335 e. The fraction of sp³-hybridized carbons (Fsp3) is 0.200.